The van der Waals surface area contributed by atoms with Gasteiger partial charge in [-0.05, 0) is 29.8 Å². The molecule has 0 bridgehead atoms. The van der Waals surface area contributed by atoms with Crippen molar-refractivity contribution in [1.82, 2.24) is 0 Å². The number of hydrogen-bond acceptors (Lipinski definition) is 4. The van der Waals surface area contributed by atoms with Crippen LogP contribution in [0.2, 0.25) is 0 Å². The Morgan fingerprint density at radius 3 is 3.23 bits per heavy atom. The van der Waals surface area contributed by atoms with Crippen LogP contribution in [-0.4, -0.2) is 18.0 Å². The monoisotopic (exact) mass is 210 g/mol. The first-order valence-corrected chi connectivity index (χ1v) is 6.10. The summed E-state index contributed by atoms with van der Waals surface area (Å²) >= 11 is 3.43. The van der Waals surface area contributed by atoms with E-state index in [1.165, 1.54) is 5.00 Å². The minimum absolute atomic E-state index is 0.931. The molecule has 0 aliphatic carbocycles. The second kappa shape index (κ2) is 3.98. The highest BCUT2D eigenvalue weighted by atomic mass is 32.2. The fraction of sp³-hybridized carbons (Fsp3) is 0.222. The lowest BCUT2D eigenvalue weighted by molar-refractivity contribution is 1.14. The van der Waals surface area contributed by atoms with E-state index in [1.54, 1.807) is 23.1 Å². The van der Waals surface area contributed by atoms with Gasteiger partial charge < -0.3 is 4.90 Å². The molecule has 0 N–H and O–H groups in total. The molecular formula is C9H10N2S2. The van der Waals surface area contributed by atoms with Gasteiger partial charge in [0.15, 0.2) is 5.17 Å². The van der Waals surface area contributed by atoms with E-state index in [9.17, 15) is 0 Å². The topological polar surface area (TPSA) is 15.6 Å². The Balaban J connectivity index is 2.25. The summed E-state index contributed by atoms with van der Waals surface area (Å²) < 4.78 is 0. The average Bonchev–Trinajstić information content (AvgIpc) is 2.70. The highest BCUT2D eigenvalue weighted by Gasteiger charge is 2.13. The van der Waals surface area contributed by atoms with E-state index in [4.69, 9.17) is 0 Å². The Kier molecular flexibility index (Phi) is 2.71. The third kappa shape index (κ3) is 1.78. The number of amidine groups is 1. The van der Waals surface area contributed by atoms with E-state index in [2.05, 4.69) is 39.7 Å². The fourth-order valence-electron chi connectivity index (χ4n) is 1.19. The molecule has 0 amide bonds. The van der Waals surface area contributed by atoms with Crippen LogP contribution in [0.4, 0.5) is 5.00 Å². The van der Waals surface area contributed by atoms with Crippen molar-refractivity contribution in [3.63, 3.8) is 0 Å². The van der Waals surface area contributed by atoms with Crippen molar-refractivity contribution in [2.75, 3.05) is 17.7 Å². The van der Waals surface area contributed by atoms with E-state index >= 15 is 0 Å². The standard InChI is InChI=1S/C9H10N2S2/c1-12-9-10-5-3-6-11(9)8-4-2-7-13-8/h2-5,7H,6H2,1H3. The van der Waals surface area contributed by atoms with Crippen molar-refractivity contribution in [3.8, 4) is 0 Å². The molecule has 1 aromatic heterocycles. The Morgan fingerprint density at radius 1 is 1.62 bits per heavy atom. The molecule has 2 heterocycles. The second-order valence-electron chi connectivity index (χ2n) is 2.56. The number of aliphatic imine (C=N–C) groups is 1. The predicted molar refractivity (Wildman–Crippen MR) is 61.8 cm³/mol. The van der Waals surface area contributed by atoms with Crippen LogP contribution < -0.4 is 4.90 Å². The van der Waals surface area contributed by atoms with Gasteiger partial charge in [0, 0.05) is 12.7 Å². The number of nitrogens with zero attached hydrogens (tertiary/aromatic N) is 2. The van der Waals surface area contributed by atoms with E-state index < -0.39 is 0 Å². The van der Waals surface area contributed by atoms with Crippen molar-refractivity contribution in [2.24, 2.45) is 4.99 Å². The largest absolute Gasteiger partial charge is 0.309 e. The number of hydrogen-bond donors (Lipinski definition) is 0. The molecule has 1 aliphatic heterocycles. The highest BCUT2D eigenvalue weighted by molar-refractivity contribution is 8.13. The molecule has 0 unspecified atom stereocenters. The average molecular weight is 210 g/mol. The van der Waals surface area contributed by atoms with Gasteiger partial charge in [-0.1, -0.05) is 11.8 Å². The lowest BCUT2D eigenvalue weighted by Crippen LogP contribution is -2.29. The van der Waals surface area contributed by atoms with Crippen LogP contribution in [0.15, 0.2) is 34.8 Å². The lowest BCUT2D eigenvalue weighted by Gasteiger charge is -2.23. The van der Waals surface area contributed by atoms with Gasteiger partial charge in [-0.3, -0.25) is 0 Å². The predicted octanol–water partition coefficient (Wildman–Crippen LogP) is 2.80. The Labute approximate surface area is 86.0 Å². The van der Waals surface area contributed by atoms with Gasteiger partial charge in [-0.25, -0.2) is 4.99 Å². The Bertz CT molecular complexity index is 327. The van der Waals surface area contributed by atoms with E-state index in [0.717, 1.165) is 11.7 Å². The Hall–Kier alpha value is -0.740. The van der Waals surface area contributed by atoms with Crippen LogP contribution in [-0.2, 0) is 0 Å². The van der Waals surface area contributed by atoms with Crippen LogP contribution in [0, 0.1) is 0 Å². The minimum atomic E-state index is 0.931. The number of thioether (sulfide) groups is 1. The van der Waals surface area contributed by atoms with Crippen molar-refractivity contribution < 1.29 is 0 Å². The zero-order valence-corrected chi connectivity index (χ0v) is 8.94. The van der Waals surface area contributed by atoms with Gasteiger partial charge in [0.05, 0.1) is 5.00 Å². The smallest absolute Gasteiger partial charge is 0.168 e. The molecule has 68 valence electrons. The first-order valence-electron chi connectivity index (χ1n) is 3.99. The molecule has 2 nitrogen and oxygen atoms in total. The molecule has 0 saturated carbocycles. The SMILES string of the molecule is CSC1=NC=CCN1c1cccs1. The highest BCUT2D eigenvalue weighted by Crippen LogP contribution is 2.25. The van der Waals surface area contributed by atoms with Crippen LogP contribution in [0.25, 0.3) is 0 Å². The first kappa shape index (κ1) is 8.84. The number of anilines is 1. The molecule has 0 fully saturated rings. The quantitative estimate of drug-likeness (QED) is 0.708. The summed E-state index contributed by atoms with van der Waals surface area (Å²) in [5.41, 5.74) is 0. The summed E-state index contributed by atoms with van der Waals surface area (Å²) in [4.78, 5) is 6.53. The summed E-state index contributed by atoms with van der Waals surface area (Å²) in [7, 11) is 0. The Morgan fingerprint density at radius 2 is 2.54 bits per heavy atom. The van der Waals surface area contributed by atoms with Crippen LogP contribution in [0.1, 0.15) is 0 Å². The molecule has 13 heavy (non-hydrogen) atoms. The van der Waals surface area contributed by atoms with Crippen molar-refractivity contribution in [3.05, 3.63) is 29.8 Å². The van der Waals surface area contributed by atoms with Crippen molar-refractivity contribution in [1.29, 1.82) is 0 Å². The number of thiophene rings is 1. The van der Waals surface area contributed by atoms with Crippen LogP contribution in [0.3, 0.4) is 0 Å². The third-order valence-electron chi connectivity index (χ3n) is 1.76. The minimum Gasteiger partial charge on any atom is -0.309 e. The summed E-state index contributed by atoms with van der Waals surface area (Å²) in [5, 5.41) is 4.42. The van der Waals surface area contributed by atoms with E-state index in [-0.39, 0.29) is 0 Å². The summed E-state index contributed by atoms with van der Waals surface area (Å²) in [5.74, 6) is 0. The fourth-order valence-corrected chi connectivity index (χ4v) is 2.55. The maximum Gasteiger partial charge on any atom is 0.168 e. The molecule has 0 atom stereocenters. The molecule has 2 rings (SSSR count). The van der Waals surface area contributed by atoms with Gasteiger partial charge in [0.25, 0.3) is 0 Å². The van der Waals surface area contributed by atoms with Crippen molar-refractivity contribution >= 4 is 33.3 Å². The normalized spacial score (nSPS) is 16.1. The summed E-state index contributed by atoms with van der Waals surface area (Å²) in [6, 6.07) is 4.19. The van der Waals surface area contributed by atoms with Crippen LogP contribution in [0.5, 0.6) is 0 Å². The lowest BCUT2D eigenvalue weighted by atomic mass is 10.5. The summed E-state index contributed by atoms with van der Waals surface area (Å²) in [6.07, 6.45) is 5.99. The molecule has 0 spiro atoms. The van der Waals surface area contributed by atoms with Crippen LogP contribution >= 0.6 is 23.1 Å². The molecular weight excluding hydrogens is 200 g/mol. The third-order valence-corrected chi connectivity index (χ3v) is 3.35. The molecule has 0 aromatic carbocycles. The van der Waals surface area contributed by atoms with Gasteiger partial charge in [-0.2, -0.15) is 0 Å². The van der Waals surface area contributed by atoms with E-state index in [1.807, 2.05) is 6.20 Å². The molecule has 0 radical (unpaired) electrons. The zero-order valence-electron chi connectivity index (χ0n) is 7.30. The van der Waals surface area contributed by atoms with Gasteiger partial charge >= 0.3 is 0 Å². The molecule has 1 aliphatic rings. The molecule has 1 aromatic rings. The maximum absolute atomic E-state index is 4.32. The van der Waals surface area contributed by atoms with Gasteiger partial charge in [0.2, 0.25) is 0 Å². The maximum atomic E-state index is 4.32. The molecule has 4 heteroatoms. The number of rotatable bonds is 1. The first-order chi connectivity index (χ1) is 6.42. The van der Waals surface area contributed by atoms with Gasteiger partial charge in [0.1, 0.15) is 0 Å². The summed E-state index contributed by atoms with van der Waals surface area (Å²) in [6.45, 7) is 0.931. The van der Waals surface area contributed by atoms with Crippen molar-refractivity contribution in [2.45, 2.75) is 0 Å². The second-order valence-corrected chi connectivity index (χ2v) is 4.26. The molecule has 0 saturated heterocycles. The van der Waals surface area contributed by atoms with Gasteiger partial charge in [-0.15, -0.1) is 11.3 Å². The zero-order chi connectivity index (χ0) is 9.10. The van der Waals surface area contributed by atoms with E-state index in [0.29, 0.717) is 0 Å².